The van der Waals surface area contributed by atoms with Crippen molar-refractivity contribution in [3.8, 4) is 0 Å². The lowest BCUT2D eigenvalue weighted by Crippen LogP contribution is -2.49. The Morgan fingerprint density at radius 2 is 1.15 bits per heavy atom. The smallest absolute Gasteiger partial charge is 0.00300 e. The van der Waals surface area contributed by atoms with Crippen molar-refractivity contribution >= 4 is 11.8 Å². The zero-order valence-electron chi connectivity index (χ0n) is 7.60. The Morgan fingerprint density at radius 3 is 1.62 bits per heavy atom. The molecule has 1 heteroatoms. The van der Waals surface area contributed by atoms with Gasteiger partial charge in [0.2, 0.25) is 0 Å². The molecule has 5 rings (SSSR count). The molecule has 1 aliphatic heterocycles. The third kappa shape index (κ3) is 0.721. The average Bonchev–Trinajstić information content (AvgIpc) is 2.53. The Balaban J connectivity index is 1.83. The summed E-state index contributed by atoms with van der Waals surface area (Å²) >= 11 is 2.19. The minimum absolute atomic E-state index is 0.917. The molecule has 1 saturated heterocycles. The predicted octanol–water partition coefficient (Wildman–Crippen LogP) is 2.58. The number of thioether (sulfide) groups is 1. The molecule has 1 heterocycles. The van der Waals surface area contributed by atoms with Gasteiger partial charge in [0.25, 0.3) is 0 Å². The SMILES string of the molecule is C1=C[C@@H]2[C@@H]1[C@H]1C=C[C@H]2[C@H]2CSC[C@H]12. The number of allylic oxidation sites excluding steroid dienone is 4. The van der Waals surface area contributed by atoms with Crippen LogP contribution >= 0.6 is 11.8 Å². The molecule has 2 fully saturated rings. The summed E-state index contributed by atoms with van der Waals surface area (Å²) in [5.41, 5.74) is 0. The van der Waals surface area contributed by atoms with E-state index in [1.54, 1.807) is 0 Å². The van der Waals surface area contributed by atoms with Crippen LogP contribution in [-0.4, -0.2) is 11.5 Å². The largest absolute Gasteiger partial charge is 0.161 e. The molecule has 0 N–H and O–H groups in total. The van der Waals surface area contributed by atoms with Gasteiger partial charge in [-0.1, -0.05) is 24.3 Å². The van der Waals surface area contributed by atoms with E-state index < -0.39 is 0 Å². The fourth-order valence-electron chi connectivity index (χ4n) is 3.89. The van der Waals surface area contributed by atoms with Crippen molar-refractivity contribution in [3.05, 3.63) is 24.3 Å². The summed E-state index contributed by atoms with van der Waals surface area (Å²) in [7, 11) is 0. The van der Waals surface area contributed by atoms with Gasteiger partial charge in [-0.3, -0.25) is 0 Å². The topological polar surface area (TPSA) is 0 Å². The first kappa shape index (κ1) is 7.17. The third-order valence-electron chi connectivity index (χ3n) is 4.60. The maximum atomic E-state index is 2.53. The fraction of sp³-hybridized carbons (Fsp3) is 0.667. The van der Waals surface area contributed by atoms with Crippen molar-refractivity contribution < 1.29 is 0 Å². The highest BCUT2D eigenvalue weighted by Gasteiger charge is 2.53. The van der Waals surface area contributed by atoms with Gasteiger partial charge in [0, 0.05) is 0 Å². The first-order valence-corrected chi connectivity index (χ1v) is 6.55. The summed E-state index contributed by atoms with van der Waals surface area (Å²) in [6.07, 6.45) is 9.99. The first-order valence-electron chi connectivity index (χ1n) is 5.39. The molecule has 1 saturated carbocycles. The summed E-state index contributed by atoms with van der Waals surface area (Å²) in [4.78, 5) is 0. The third-order valence-corrected chi connectivity index (χ3v) is 5.84. The lowest BCUT2D eigenvalue weighted by Gasteiger charge is -2.53. The maximum absolute atomic E-state index is 2.53. The van der Waals surface area contributed by atoms with Gasteiger partial charge in [0.15, 0.2) is 0 Å². The summed E-state index contributed by atoms with van der Waals surface area (Å²) in [5.74, 6) is 8.66. The molecule has 5 aliphatic rings. The molecule has 0 aromatic carbocycles. The van der Waals surface area contributed by atoms with Crippen LogP contribution in [0.2, 0.25) is 0 Å². The zero-order chi connectivity index (χ0) is 8.41. The second-order valence-corrected chi connectivity index (χ2v) is 6.02. The van der Waals surface area contributed by atoms with Crippen molar-refractivity contribution in [1.82, 2.24) is 0 Å². The van der Waals surface area contributed by atoms with Crippen LogP contribution in [0.5, 0.6) is 0 Å². The number of rotatable bonds is 0. The second-order valence-electron chi connectivity index (χ2n) is 4.94. The molecule has 0 amide bonds. The van der Waals surface area contributed by atoms with Gasteiger partial charge in [-0.25, -0.2) is 0 Å². The highest BCUT2D eigenvalue weighted by molar-refractivity contribution is 7.99. The molecule has 6 atom stereocenters. The molecule has 68 valence electrons. The molecule has 0 aromatic rings. The fourth-order valence-corrected chi connectivity index (χ4v) is 5.51. The van der Waals surface area contributed by atoms with E-state index in [0.29, 0.717) is 0 Å². The summed E-state index contributed by atoms with van der Waals surface area (Å²) < 4.78 is 0. The van der Waals surface area contributed by atoms with Crippen LogP contribution in [0.25, 0.3) is 0 Å². The number of hydrogen-bond donors (Lipinski definition) is 0. The predicted molar refractivity (Wildman–Crippen MR) is 56.5 cm³/mol. The van der Waals surface area contributed by atoms with Crippen molar-refractivity contribution in [2.75, 3.05) is 11.5 Å². The maximum Gasteiger partial charge on any atom is -0.00300 e. The second kappa shape index (κ2) is 2.25. The van der Waals surface area contributed by atoms with Crippen LogP contribution in [0.3, 0.4) is 0 Å². The molecule has 0 unspecified atom stereocenters. The minimum atomic E-state index is 0.917. The highest BCUT2D eigenvalue weighted by Crippen LogP contribution is 2.59. The Bertz CT molecular complexity index is 276. The van der Waals surface area contributed by atoms with E-state index in [1.165, 1.54) is 11.5 Å². The first-order chi connectivity index (χ1) is 6.45. The van der Waals surface area contributed by atoms with E-state index in [1.807, 2.05) is 0 Å². The van der Waals surface area contributed by atoms with Crippen LogP contribution in [0, 0.1) is 35.5 Å². The summed E-state index contributed by atoms with van der Waals surface area (Å²) in [5, 5.41) is 0. The quantitative estimate of drug-likeness (QED) is 0.529. The Labute approximate surface area is 83.5 Å². The van der Waals surface area contributed by atoms with Gasteiger partial charge in [-0.2, -0.15) is 11.8 Å². The minimum Gasteiger partial charge on any atom is -0.161 e. The van der Waals surface area contributed by atoms with Gasteiger partial charge >= 0.3 is 0 Å². The van der Waals surface area contributed by atoms with E-state index in [-0.39, 0.29) is 0 Å². The lowest BCUT2D eigenvalue weighted by molar-refractivity contribution is 0.0672. The van der Waals surface area contributed by atoms with E-state index in [9.17, 15) is 0 Å². The molecule has 2 bridgehead atoms. The zero-order valence-corrected chi connectivity index (χ0v) is 8.41. The van der Waals surface area contributed by atoms with Gasteiger partial charge in [0.05, 0.1) is 0 Å². The molecular weight excluding hydrogens is 176 g/mol. The van der Waals surface area contributed by atoms with Crippen molar-refractivity contribution in [1.29, 1.82) is 0 Å². The molecular formula is C12H14S. The molecule has 0 aromatic heterocycles. The van der Waals surface area contributed by atoms with Gasteiger partial charge in [-0.05, 0) is 47.0 Å². The average molecular weight is 190 g/mol. The number of hydrogen-bond acceptors (Lipinski definition) is 1. The van der Waals surface area contributed by atoms with Crippen LogP contribution in [0.1, 0.15) is 0 Å². The molecule has 0 radical (unpaired) electrons. The Hall–Kier alpha value is -0.170. The molecule has 0 spiro atoms. The normalized spacial score (nSPS) is 60.3. The summed E-state index contributed by atoms with van der Waals surface area (Å²) in [6, 6.07) is 0. The van der Waals surface area contributed by atoms with Gasteiger partial charge in [0.1, 0.15) is 0 Å². The Kier molecular flexibility index (Phi) is 1.24. The standard InChI is InChI=1S/C12H14S/c1-2-8-7(1)9-3-4-10(8)12-6-13-5-11(9)12/h1-4,7-12H,5-6H2/t7-,8-,9-,10-,11-,12-/m1/s1. The van der Waals surface area contributed by atoms with Crippen molar-refractivity contribution in [3.63, 3.8) is 0 Å². The van der Waals surface area contributed by atoms with Crippen LogP contribution in [0.15, 0.2) is 24.3 Å². The van der Waals surface area contributed by atoms with Crippen LogP contribution < -0.4 is 0 Å². The van der Waals surface area contributed by atoms with Gasteiger partial charge in [-0.15, -0.1) is 0 Å². The molecule has 0 nitrogen and oxygen atoms in total. The monoisotopic (exact) mass is 190 g/mol. The lowest BCUT2D eigenvalue weighted by atomic mass is 9.50. The molecule has 13 heavy (non-hydrogen) atoms. The summed E-state index contributed by atoms with van der Waals surface area (Å²) in [6.45, 7) is 0. The van der Waals surface area contributed by atoms with E-state index in [0.717, 1.165) is 35.5 Å². The van der Waals surface area contributed by atoms with Gasteiger partial charge < -0.3 is 0 Å². The Morgan fingerprint density at radius 1 is 0.692 bits per heavy atom. The van der Waals surface area contributed by atoms with Crippen LogP contribution in [0.4, 0.5) is 0 Å². The van der Waals surface area contributed by atoms with Crippen LogP contribution in [-0.2, 0) is 0 Å². The van der Waals surface area contributed by atoms with E-state index in [4.69, 9.17) is 0 Å². The van der Waals surface area contributed by atoms with Crippen molar-refractivity contribution in [2.24, 2.45) is 35.5 Å². The van der Waals surface area contributed by atoms with Crippen molar-refractivity contribution in [2.45, 2.75) is 0 Å². The van der Waals surface area contributed by atoms with E-state index in [2.05, 4.69) is 36.1 Å². The molecule has 4 aliphatic carbocycles. The highest BCUT2D eigenvalue weighted by atomic mass is 32.2. The van der Waals surface area contributed by atoms with E-state index >= 15 is 0 Å².